The first kappa shape index (κ1) is 18.3. The fourth-order valence-corrected chi connectivity index (χ4v) is 2.97. The van der Waals surface area contributed by atoms with E-state index in [1.54, 1.807) is 6.07 Å². The molecule has 0 aromatic heterocycles. The summed E-state index contributed by atoms with van der Waals surface area (Å²) in [4.78, 5) is 0. The van der Waals surface area contributed by atoms with Crippen LogP contribution in [0.4, 0.5) is 4.39 Å². The van der Waals surface area contributed by atoms with E-state index in [0.29, 0.717) is 39.8 Å². The maximum atomic E-state index is 13.1. The zero-order valence-corrected chi connectivity index (χ0v) is 15.5. The summed E-state index contributed by atoms with van der Waals surface area (Å²) in [6.07, 6.45) is 2.46. The zero-order chi connectivity index (χ0) is 17.8. The molecular formula is C19H20Cl2FNO2. The molecule has 1 fully saturated rings. The highest BCUT2D eigenvalue weighted by atomic mass is 35.5. The molecule has 25 heavy (non-hydrogen) atoms. The lowest BCUT2D eigenvalue weighted by molar-refractivity contribution is 0.269. The minimum absolute atomic E-state index is 0.179. The molecule has 1 N–H and O–H groups in total. The highest BCUT2D eigenvalue weighted by Crippen LogP contribution is 2.38. The Morgan fingerprint density at radius 1 is 1.12 bits per heavy atom. The molecule has 0 heterocycles. The van der Waals surface area contributed by atoms with Gasteiger partial charge in [0.1, 0.15) is 12.4 Å². The summed E-state index contributed by atoms with van der Waals surface area (Å²) in [5.74, 6) is 0.689. The van der Waals surface area contributed by atoms with Gasteiger partial charge in [-0.25, -0.2) is 4.39 Å². The van der Waals surface area contributed by atoms with Gasteiger partial charge in [-0.05, 0) is 49.6 Å². The van der Waals surface area contributed by atoms with Crippen molar-refractivity contribution in [2.45, 2.75) is 39.0 Å². The van der Waals surface area contributed by atoms with Crippen molar-refractivity contribution >= 4 is 23.2 Å². The van der Waals surface area contributed by atoms with Crippen molar-refractivity contribution in [3.05, 3.63) is 57.3 Å². The van der Waals surface area contributed by atoms with Crippen molar-refractivity contribution in [2.24, 2.45) is 0 Å². The maximum Gasteiger partial charge on any atom is 0.180 e. The Bertz CT molecular complexity index is 750. The minimum atomic E-state index is -0.380. The number of hydrogen-bond donors (Lipinski definition) is 1. The lowest BCUT2D eigenvalue weighted by Crippen LogP contribution is -2.15. The van der Waals surface area contributed by atoms with E-state index in [1.165, 1.54) is 25.0 Å². The fourth-order valence-electron chi connectivity index (χ4n) is 2.46. The average Bonchev–Trinajstić information content (AvgIpc) is 3.38. The average molecular weight is 384 g/mol. The van der Waals surface area contributed by atoms with Gasteiger partial charge in [0.05, 0.1) is 16.7 Å². The topological polar surface area (TPSA) is 30.5 Å². The molecule has 1 aliphatic rings. The second-order valence-corrected chi connectivity index (χ2v) is 6.83. The number of nitrogens with one attached hydrogen (secondary N) is 1. The summed E-state index contributed by atoms with van der Waals surface area (Å²) in [7, 11) is 0. The van der Waals surface area contributed by atoms with Crippen LogP contribution in [0, 0.1) is 5.82 Å². The van der Waals surface area contributed by atoms with Crippen molar-refractivity contribution in [1.29, 1.82) is 0 Å². The molecule has 0 saturated heterocycles. The molecule has 0 aliphatic heterocycles. The van der Waals surface area contributed by atoms with E-state index in [0.717, 1.165) is 12.1 Å². The van der Waals surface area contributed by atoms with E-state index in [2.05, 4.69) is 5.32 Å². The molecule has 1 aliphatic carbocycles. The lowest BCUT2D eigenvalue weighted by Gasteiger charge is -2.16. The largest absolute Gasteiger partial charge is 0.490 e. The van der Waals surface area contributed by atoms with E-state index in [4.69, 9.17) is 32.7 Å². The van der Waals surface area contributed by atoms with Crippen LogP contribution in [0.5, 0.6) is 11.5 Å². The van der Waals surface area contributed by atoms with Crippen molar-refractivity contribution in [3.63, 3.8) is 0 Å². The van der Waals surface area contributed by atoms with E-state index in [-0.39, 0.29) is 12.4 Å². The number of ether oxygens (including phenoxy) is 2. The van der Waals surface area contributed by atoms with Crippen LogP contribution >= 0.6 is 23.2 Å². The molecule has 0 spiro atoms. The third-order valence-electron chi connectivity index (χ3n) is 3.93. The maximum absolute atomic E-state index is 13.1. The van der Waals surface area contributed by atoms with E-state index in [1.807, 2.05) is 19.1 Å². The molecule has 0 amide bonds. The van der Waals surface area contributed by atoms with Crippen molar-refractivity contribution < 1.29 is 13.9 Å². The van der Waals surface area contributed by atoms with Gasteiger partial charge in [-0.3, -0.25) is 0 Å². The molecule has 0 radical (unpaired) electrons. The second-order valence-electron chi connectivity index (χ2n) is 6.02. The second kappa shape index (κ2) is 8.26. The number of rotatable bonds is 8. The van der Waals surface area contributed by atoms with Crippen LogP contribution in [0.15, 0.2) is 30.3 Å². The molecule has 0 atom stereocenters. The van der Waals surface area contributed by atoms with Crippen LogP contribution in [0.2, 0.25) is 10.0 Å². The van der Waals surface area contributed by atoms with Crippen LogP contribution in [-0.2, 0) is 13.2 Å². The molecule has 2 aromatic carbocycles. The lowest BCUT2D eigenvalue weighted by atomic mass is 10.2. The zero-order valence-electron chi connectivity index (χ0n) is 14.0. The van der Waals surface area contributed by atoms with Gasteiger partial charge in [0, 0.05) is 18.2 Å². The number of hydrogen-bond acceptors (Lipinski definition) is 3. The Hall–Kier alpha value is -1.49. The Labute approximate surface area is 157 Å². The SMILES string of the molecule is CCOc1cc(CNC2CC2)cc(Cl)c1OCc1ccc(F)cc1Cl. The molecule has 1 saturated carbocycles. The first-order valence-corrected chi connectivity index (χ1v) is 9.07. The van der Waals surface area contributed by atoms with Gasteiger partial charge >= 0.3 is 0 Å². The predicted molar refractivity (Wildman–Crippen MR) is 98.2 cm³/mol. The molecule has 0 bridgehead atoms. The predicted octanol–water partition coefficient (Wildman–Crippen LogP) is 5.36. The van der Waals surface area contributed by atoms with Gasteiger partial charge in [0.2, 0.25) is 0 Å². The van der Waals surface area contributed by atoms with Crippen LogP contribution < -0.4 is 14.8 Å². The van der Waals surface area contributed by atoms with Crippen LogP contribution in [0.25, 0.3) is 0 Å². The third-order valence-corrected chi connectivity index (χ3v) is 4.56. The summed E-state index contributed by atoms with van der Waals surface area (Å²) >= 11 is 12.5. The quantitative estimate of drug-likeness (QED) is 0.665. The summed E-state index contributed by atoms with van der Waals surface area (Å²) in [5, 5.41) is 4.25. The highest BCUT2D eigenvalue weighted by molar-refractivity contribution is 6.32. The highest BCUT2D eigenvalue weighted by Gasteiger charge is 2.21. The molecular weight excluding hydrogens is 364 g/mol. The van der Waals surface area contributed by atoms with Gasteiger partial charge in [0.15, 0.2) is 11.5 Å². The van der Waals surface area contributed by atoms with E-state index in [9.17, 15) is 4.39 Å². The Morgan fingerprint density at radius 2 is 1.92 bits per heavy atom. The van der Waals surface area contributed by atoms with Gasteiger partial charge in [-0.1, -0.05) is 29.3 Å². The standard InChI is InChI=1S/C19H20Cl2FNO2/c1-2-24-18-8-12(10-23-15-5-6-15)7-17(21)19(18)25-11-13-3-4-14(22)9-16(13)20/h3-4,7-9,15,23H,2,5-6,10-11H2,1H3. The Balaban J connectivity index is 1.75. The molecule has 3 nitrogen and oxygen atoms in total. The summed E-state index contributed by atoms with van der Waals surface area (Å²) in [6.45, 7) is 3.33. The van der Waals surface area contributed by atoms with Crippen LogP contribution in [0.3, 0.4) is 0 Å². The Morgan fingerprint density at radius 3 is 2.60 bits per heavy atom. The van der Waals surface area contributed by atoms with Crippen molar-refractivity contribution in [1.82, 2.24) is 5.32 Å². The van der Waals surface area contributed by atoms with Gasteiger partial charge < -0.3 is 14.8 Å². The van der Waals surface area contributed by atoms with Crippen molar-refractivity contribution in [2.75, 3.05) is 6.61 Å². The van der Waals surface area contributed by atoms with Crippen LogP contribution in [-0.4, -0.2) is 12.6 Å². The van der Waals surface area contributed by atoms with Gasteiger partial charge in [-0.2, -0.15) is 0 Å². The third kappa shape index (κ3) is 5.00. The molecule has 134 valence electrons. The summed E-state index contributed by atoms with van der Waals surface area (Å²) < 4.78 is 24.7. The first-order chi connectivity index (χ1) is 12.1. The van der Waals surface area contributed by atoms with Crippen molar-refractivity contribution in [3.8, 4) is 11.5 Å². The molecule has 6 heteroatoms. The van der Waals surface area contributed by atoms with E-state index < -0.39 is 0 Å². The summed E-state index contributed by atoms with van der Waals surface area (Å²) in [5.41, 5.74) is 1.73. The molecule has 0 unspecified atom stereocenters. The summed E-state index contributed by atoms with van der Waals surface area (Å²) in [6, 6.07) is 8.64. The molecule has 2 aromatic rings. The van der Waals surface area contributed by atoms with Gasteiger partial charge in [-0.15, -0.1) is 0 Å². The number of benzene rings is 2. The van der Waals surface area contributed by atoms with Crippen LogP contribution in [0.1, 0.15) is 30.9 Å². The van der Waals surface area contributed by atoms with E-state index >= 15 is 0 Å². The van der Waals surface area contributed by atoms with Gasteiger partial charge in [0.25, 0.3) is 0 Å². The minimum Gasteiger partial charge on any atom is -0.490 e. The smallest absolute Gasteiger partial charge is 0.180 e. The monoisotopic (exact) mass is 383 g/mol. The number of halogens is 3. The molecule has 3 rings (SSSR count). The fraction of sp³-hybridized carbons (Fsp3) is 0.368. The Kier molecular flexibility index (Phi) is 6.05. The first-order valence-electron chi connectivity index (χ1n) is 8.32. The normalized spacial score (nSPS) is 13.8.